The quantitative estimate of drug-likeness (QED) is 0.750. The van der Waals surface area contributed by atoms with Gasteiger partial charge in [0.25, 0.3) is 5.91 Å². The van der Waals surface area contributed by atoms with Gasteiger partial charge in [-0.15, -0.1) is 0 Å². The smallest absolute Gasteiger partial charge is 0.328 e. The summed E-state index contributed by atoms with van der Waals surface area (Å²) in [7, 11) is 0. The van der Waals surface area contributed by atoms with Gasteiger partial charge >= 0.3 is 5.97 Å². The molecule has 1 N–H and O–H groups in total. The van der Waals surface area contributed by atoms with Crippen molar-refractivity contribution < 1.29 is 14.7 Å². The van der Waals surface area contributed by atoms with Gasteiger partial charge in [-0.25, -0.2) is 4.79 Å². The lowest BCUT2D eigenvalue weighted by molar-refractivity contribution is -0.131. The van der Waals surface area contributed by atoms with E-state index in [1.54, 1.807) is 6.20 Å². The van der Waals surface area contributed by atoms with Crippen LogP contribution in [0.3, 0.4) is 0 Å². The number of hydrogen-bond donors (Lipinski definition) is 1. The first-order valence-electron chi connectivity index (χ1n) is 6.77. The predicted octanol–water partition coefficient (Wildman–Crippen LogP) is 3.59. The summed E-state index contributed by atoms with van der Waals surface area (Å²) in [5.41, 5.74) is 2.92. The minimum Gasteiger partial charge on any atom is -0.478 e. The molecule has 108 valence electrons. The van der Waals surface area contributed by atoms with Crippen LogP contribution in [0.25, 0.3) is 22.0 Å². The summed E-state index contributed by atoms with van der Waals surface area (Å²) in [4.78, 5) is 22.5. The second kappa shape index (κ2) is 5.69. The number of carbonyl (C=O) groups excluding carboxylic acids is 1. The van der Waals surface area contributed by atoms with Crippen molar-refractivity contribution >= 4 is 22.8 Å². The lowest BCUT2D eigenvalue weighted by Crippen LogP contribution is -2.06. The van der Waals surface area contributed by atoms with Crippen molar-refractivity contribution in [2.24, 2.45) is 0 Å². The SMILES string of the molecule is O=C(O)/C=C/C(=O)n1ccc2cc(-c3ccccc3)ccc21. The summed E-state index contributed by atoms with van der Waals surface area (Å²) in [6, 6.07) is 17.6. The maximum Gasteiger partial charge on any atom is 0.328 e. The van der Waals surface area contributed by atoms with E-state index in [0.717, 1.165) is 34.2 Å². The van der Waals surface area contributed by atoms with Gasteiger partial charge < -0.3 is 5.11 Å². The van der Waals surface area contributed by atoms with Gasteiger partial charge in [0.2, 0.25) is 0 Å². The lowest BCUT2D eigenvalue weighted by Gasteiger charge is -2.03. The summed E-state index contributed by atoms with van der Waals surface area (Å²) >= 11 is 0. The molecular formula is C18H13NO3. The fourth-order valence-electron chi connectivity index (χ4n) is 2.37. The van der Waals surface area contributed by atoms with Crippen LogP contribution in [-0.2, 0) is 4.79 Å². The van der Waals surface area contributed by atoms with E-state index in [1.807, 2.05) is 54.6 Å². The van der Waals surface area contributed by atoms with Gasteiger partial charge in [-0.3, -0.25) is 9.36 Å². The monoisotopic (exact) mass is 291 g/mol. The number of aromatic nitrogens is 1. The first-order valence-corrected chi connectivity index (χ1v) is 6.77. The van der Waals surface area contributed by atoms with Gasteiger partial charge in [0.05, 0.1) is 5.52 Å². The molecule has 0 saturated carbocycles. The number of hydrogen-bond acceptors (Lipinski definition) is 2. The first kappa shape index (κ1) is 13.8. The summed E-state index contributed by atoms with van der Waals surface area (Å²) in [5, 5.41) is 9.52. The van der Waals surface area contributed by atoms with E-state index < -0.39 is 5.97 Å². The highest BCUT2D eigenvalue weighted by atomic mass is 16.4. The van der Waals surface area contributed by atoms with Gasteiger partial charge in [0.15, 0.2) is 0 Å². The lowest BCUT2D eigenvalue weighted by atomic mass is 10.0. The zero-order valence-electron chi connectivity index (χ0n) is 11.6. The van der Waals surface area contributed by atoms with Crippen LogP contribution in [0.1, 0.15) is 4.79 Å². The summed E-state index contributed by atoms with van der Waals surface area (Å²) < 4.78 is 1.43. The molecule has 0 saturated heterocycles. The van der Waals surface area contributed by atoms with Gasteiger partial charge in [-0.1, -0.05) is 36.4 Å². The van der Waals surface area contributed by atoms with Crippen LogP contribution < -0.4 is 0 Å². The van der Waals surface area contributed by atoms with Crippen molar-refractivity contribution in [2.45, 2.75) is 0 Å². The highest BCUT2D eigenvalue weighted by Gasteiger charge is 2.08. The summed E-state index contributed by atoms with van der Waals surface area (Å²) in [6.07, 6.45) is 3.54. The zero-order valence-corrected chi connectivity index (χ0v) is 11.6. The predicted molar refractivity (Wildman–Crippen MR) is 84.8 cm³/mol. The Morgan fingerprint density at radius 2 is 1.68 bits per heavy atom. The molecule has 0 unspecified atom stereocenters. The highest BCUT2D eigenvalue weighted by Crippen LogP contribution is 2.25. The molecule has 4 heteroatoms. The number of fused-ring (bicyclic) bond motifs is 1. The number of allylic oxidation sites excluding steroid dienone is 1. The van der Waals surface area contributed by atoms with Gasteiger partial charge in [0.1, 0.15) is 0 Å². The third kappa shape index (κ3) is 2.67. The normalized spacial score (nSPS) is 11.1. The fraction of sp³-hybridized carbons (Fsp3) is 0. The molecule has 22 heavy (non-hydrogen) atoms. The Labute approximate surface area is 126 Å². The average molecular weight is 291 g/mol. The fourth-order valence-corrected chi connectivity index (χ4v) is 2.37. The van der Waals surface area contributed by atoms with Crippen LogP contribution in [0, 0.1) is 0 Å². The molecule has 4 nitrogen and oxygen atoms in total. The molecule has 1 aromatic heterocycles. The molecule has 0 atom stereocenters. The average Bonchev–Trinajstić information content (AvgIpc) is 2.96. The number of nitrogens with zero attached hydrogens (tertiary/aromatic N) is 1. The van der Waals surface area contributed by atoms with E-state index in [1.165, 1.54) is 4.57 Å². The molecule has 0 aliphatic rings. The van der Waals surface area contributed by atoms with E-state index in [4.69, 9.17) is 5.11 Å². The van der Waals surface area contributed by atoms with Crippen molar-refractivity contribution in [3.63, 3.8) is 0 Å². The van der Waals surface area contributed by atoms with Gasteiger partial charge in [0, 0.05) is 23.7 Å². The molecular weight excluding hydrogens is 278 g/mol. The Balaban J connectivity index is 2.00. The van der Waals surface area contributed by atoms with Crippen LogP contribution in [0.2, 0.25) is 0 Å². The number of carboxylic acid groups (broad SMARTS) is 1. The largest absolute Gasteiger partial charge is 0.478 e. The first-order chi connectivity index (χ1) is 10.6. The number of carbonyl (C=O) groups is 2. The Bertz CT molecular complexity index is 876. The zero-order chi connectivity index (χ0) is 15.5. The molecule has 1 heterocycles. The maximum atomic E-state index is 12.0. The third-order valence-electron chi connectivity index (χ3n) is 3.40. The van der Waals surface area contributed by atoms with Crippen LogP contribution in [0.15, 0.2) is 72.9 Å². The Morgan fingerprint density at radius 1 is 0.909 bits per heavy atom. The molecule has 0 fully saturated rings. The minimum absolute atomic E-state index is 0.384. The molecule has 3 rings (SSSR count). The summed E-state index contributed by atoms with van der Waals surface area (Å²) in [6.45, 7) is 0. The van der Waals surface area contributed by atoms with Crippen molar-refractivity contribution in [1.29, 1.82) is 0 Å². The number of benzene rings is 2. The van der Waals surface area contributed by atoms with Crippen molar-refractivity contribution in [2.75, 3.05) is 0 Å². The topological polar surface area (TPSA) is 59.3 Å². The van der Waals surface area contributed by atoms with Crippen molar-refractivity contribution in [1.82, 2.24) is 4.57 Å². The molecule has 0 aliphatic heterocycles. The van der Waals surface area contributed by atoms with Gasteiger partial charge in [-0.2, -0.15) is 0 Å². The van der Waals surface area contributed by atoms with Crippen molar-refractivity contribution in [3.8, 4) is 11.1 Å². The number of rotatable bonds is 3. The molecule has 0 aliphatic carbocycles. The van der Waals surface area contributed by atoms with E-state index in [9.17, 15) is 9.59 Å². The molecule has 0 radical (unpaired) electrons. The van der Waals surface area contributed by atoms with Gasteiger partial charge in [-0.05, 0) is 29.3 Å². The van der Waals surface area contributed by atoms with Crippen LogP contribution in [0.4, 0.5) is 0 Å². The van der Waals surface area contributed by atoms with Crippen LogP contribution in [0.5, 0.6) is 0 Å². The number of aliphatic carboxylic acids is 1. The van der Waals surface area contributed by atoms with Crippen molar-refractivity contribution in [3.05, 3.63) is 72.9 Å². The number of carboxylic acids is 1. The molecule has 2 aromatic carbocycles. The Hall–Kier alpha value is -3.14. The summed E-state index contributed by atoms with van der Waals surface area (Å²) in [5.74, 6) is -1.53. The highest BCUT2D eigenvalue weighted by molar-refractivity contribution is 6.01. The molecule has 0 spiro atoms. The van der Waals surface area contributed by atoms with Crippen LogP contribution in [-0.4, -0.2) is 21.6 Å². The third-order valence-corrected chi connectivity index (χ3v) is 3.40. The molecule has 3 aromatic rings. The maximum absolute atomic E-state index is 12.0. The Kier molecular flexibility index (Phi) is 3.58. The van der Waals surface area contributed by atoms with E-state index in [2.05, 4.69) is 0 Å². The van der Waals surface area contributed by atoms with E-state index in [-0.39, 0.29) is 5.91 Å². The minimum atomic E-state index is -1.14. The molecule has 0 bridgehead atoms. The van der Waals surface area contributed by atoms with E-state index >= 15 is 0 Å². The second-order valence-corrected chi connectivity index (χ2v) is 4.84. The molecule has 0 amide bonds. The second-order valence-electron chi connectivity index (χ2n) is 4.84. The van der Waals surface area contributed by atoms with E-state index in [0.29, 0.717) is 0 Å². The standard InChI is InChI=1S/C18H13NO3/c20-17(8-9-18(21)22)19-11-10-15-12-14(6-7-16(15)19)13-4-2-1-3-5-13/h1-12H,(H,21,22)/b9-8+. The Morgan fingerprint density at radius 3 is 2.41 bits per heavy atom. The van der Waals surface area contributed by atoms with Crippen LogP contribution >= 0.6 is 0 Å².